The summed E-state index contributed by atoms with van der Waals surface area (Å²) in [5.41, 5.74) is 5.37. The van der Waals surface area contributed by atoms with Crippen LogP contribution in [-0.4, -0.2) is 48.0 Å². The minimum atomic E-state index is -3.10. The normalized spacial score (nSPS) is 11.9. The van der Waals surface area contributed by atoms with Crippen molar-refractivity contribution in [1.29, 1.82) is 0 Å². The molecule has 1 rings (SSSR count). The van der Waals surface area contributed by atoms with Gasteiger partial charge in [-0.1, -0.05) is 6.92 Å². The van der Waals surface area contributed by atoms with Gasteiger partial charge in [0.15, 0.2) is 0 Å². The van der Waals surface area contributed by atoms with Gasteiger partial charge in [0, 0.05) is 31.2 Å². The minimum absolute atomic E-state index is 0.254. The molecule has 0 aliphatic rings. The fourth-order valence-electron chi connectivity index (χ4n) is 1.32. The zero-order valence-electron chi connectivity index (χ0n) is 9.88. The summed E-state index contributed by atoms with van der Waals surface area (Å²) in [5.74, 6) is 0.254. The highest BCUT2D eigenvalue weighted by Crippen LogP contribution is 2.11. The zero-order valence-corrected chi connectivity index (χ0v) is 11.5. The maximum Gasteiger partial charge on any atom is 0.233 e. The topological polar surface area (TPSA) is 101 Å². The van der Waals surface area contributed by atoms with Crippen LogP contribution >= 0.6 is 11.5 Å². The molecule has 0 aromatic carbocycles. The van der Waals surface area contributed by atoms with Crippen LogP contribution in [0.15, 0.2) is 0 Å². The molecule has 17 heavy (non-hydrogen) atoms. The van der Waals surface area contributed by atoms with Crippen LogP contribution in [0.25, 0.3) is 0 Å². The number of nitrogens with zero attached hydrogens (tertiary/aromatic N) is 3. The van der Waals surface area contributed by atoms with E-state index in [-0.39, 0.29) is 5.95 Å². The van der Waals surface area contributed by atoms with Crippen molar-refractivity contribution >= 4 is 32.6 Å². The highest BCUT2D eigenvalue weighted by atomic mass is 32.2. The predicted octanol–water partition coefficient (Wildman–Crippen LogP) is 0.204. The van der Waals surface area contributed by atoms with Gasteiger partial charge in [-0.05, 0) is 6.42 Å². The van der Waals surface area contributed by atoms with Crippen LogP contribution in [-0.2, 0) is 10.0 Å². The molecule has 0 radical (unpaired) electrons. The summed E-state index contributed by atoms with van der Waals surface area (Å²) in [7, 11) is -3.10. The summed E-state index contributed by atoms with van der Waals surface area (Å²) in [5, 5.41) is 3.70. The van der Waals surface area contributed by atoms with Crippen LogP contribution in [0.4, 0.5) is 11.1 Å². The summed E-state index contributed by atoms with van der Waals surface area (Å²) in [6.07, 6.45) is 1.93. The molecule has 1 aromatic rings. The Hall–Kier alpha value is -0.930. The Balaban J connectivity index is 2.28. The first-order chi connectivity index (χ1) is 7.93. The lowest BCUT2D eigenvalue weighted by Crippen LogP contribution is -2.31. The Labute approximate surface area is 105 Å². The molecule has 0 atom stereocenters. The van der Waals surface area contributed by atoms with Gasteiger partial charge in [-0.25, -0.2) is 12.7 Å². The van der Waals surface area contributed by atoms with Gasteiger partial charge in [0.05, 0.1) is 6.26 Å². The van der Waals surface area contributed by atoms with Crippen molar-refractivity contribution in [3.63, 3.8) is 0 Å². The first-order valence-electron chi connectivity index (χ1n) is 5.21. The Morgan fingerprint density at radius 1 is 1.53 bits per heavy atom. The quantitative estimate of drug-likeness (QED) is 0.692. The third-order valence-electron chi connectivity index (χ3n) is 2.12. The van der Waals surface area contributed by atoms with Crippen molar-refractivity contribution in [1.82, 2.24) is 13.7 Å². The number of sulfonamides is 1. The second kappa shape index (κ2) is 6.12. The van der Waals surface area contributed by atoms with Crippen LogP contribution in [0.3, 0.4) is 0 Å². The van der Waals surface area contributed by atoms with Crippen LogP contribution in [0, 0.1) is 0 Å². The van der Waals surface area contributed by atoms with E-state index in [1.54, 1.807) is 0 Å². The van der Waals surface area contributed by atoms with E-state index < -0.39 is 10.0 Å². The van der Waals surface area contributed by atoms with Crippen LogP contribution in [0.1, 0.15) is 13.3 Å². The van der Waals surface area contributed by atoms with Crippen molar-refractivity contribution in [2.45, 2.75) is 13.3 Å². The monoisotopic (exact) mass is 279 g/mol. The van der Waals surface area contributed by atoms with E-state index in [2.05, 4.69) is 14.7 Å². The standard InChI is InChI=1S/C8H17N5O2S2/c1-3-13(17(2,14)15)6-4-5-10-8-11-7(9)12-16-8/h3-6H2,1-2H3,(H3,9,10,11,12). The summed E-state index contributed by atoms with van der Waals surface area (Å²) in [6.45, 7) is 3.45. The number of hydrogen-bond acceptors (Lipinski definition) is 7. The molecule has 0 bridgehead atoms. The first kappa shape index (κ1) is 14.1. The molecule has 7 nitrogen and oxygen atoms in total. The molecule has 1 heterocycles. The van der Waals surface area contributed by atoms with E-state index in [1.165, 1.54) is 22.1 Å². The number of nitrogen functional groups attached to an aromatic ring is 1. The van der Waals surface area contributed by atoms with Gasteiger partial charge < -0.3 is 11.1 Å². The maximum absolute atomic E-state index is 11.3. The Morgan fingerprint density at radius 2 is 2.24 bits per heavy atom. The van der Waals surface area contributed by atoms with Crippen molar-refractivity contribution < 1.29 is 8.42 Å². The number of nitrogens with two attached hydrogens (primary N) is 1. The summed E-state index contributed by atoms with van der Waals surface area (Å²) in [4.78, 5) is 3.94. The largest absolute Gasteiger partial charge is 0.367 e. The van der Waals surface area contributed by atoms with Crippen molar-refractivity contribution in [2.24, 2.45) is 0 Å². The average molecular weight is 279 g/mol. The summed E-state index contributed by atoms with van der Waals surface area (Å²) >= 11 is 1.19. The lowest BCUT2D eigenvalue weighted by molar-refractivity contribution is 0.429. The Kier molecular flexibility index (Phi) is 5.09. The lowest BCUT2D eigenvalue weighted by Gasteiger charge is -2.17. The molecule has 0 aliphatic carbocycles. The van der Waals surface area contributed by atoms with E-state index in [9.17, 15) is 8.42 Å². The third kappa shape index (κ3) is 4.84. The third-order valence-corrected chi connectivity index (χ3v) is 4.19. The van der Waals surface area contributed by atoms with Crippen molar-refractivity contribution in [3.05, 3.63) is 0 Å². The van der Waals surface area contributed by atoms with E-state index in [1.807, 2.05) is 6.92 Å². The molecule has 98 valence electrons. The van der Waals surface area contributed by atoms with Gasteiger partial charge in [0.2, 0.25) is 21.1 Å². The molecule has 0 spiro atoms. The molecular weight excluding hydrogens is 262 g/mol. The van der Waals surface area contributed by atoms with Crippen molar-refractivity contribution in [2.75, 3.05) is 36.9 Å². The smallest absolute Gasteiger partial charge is 0.233 e. The lowest BCUT2D eigenvalue weighted by atomic mass is 10.4. The van der Waals surface area contributed by atoms with Crippen LogP contribution in [0.2, 0.25) is 0 Å². The minimum Gasteiger partial charge on any atom is -0.367 e. The number of aromatic nitrogens is 2. The SMILES string of the molecule is CCN(CCCNc1nc(N)ns1)S(C)(=O)=O. The Morgan fingerprint density at radius 3 is 2.71 bits per heavy atom. The van der Waals surface area contributed by atoms with Gasteiger partial charge in [-0.15, -0.1) is 0 Å². The average Bonchev–Trinajstić information content (AvgIpc) is 2.62. The van der Waals surface area contributed by atoms with Crippen LogP contribution in [0.5, 0.6) is 0 Å². The summed E-state index contributed by atoms with van der Waals surface area (Å²) < 4.78 is 27.9. The van der Waals surface area contributed by atoms with E-state index in [0.29, 0.717) is 31.2 Å². The van der Waals surface area contributed by atoms with E-state index in [4.69, 9.17) is 5.73 Å². The molecule has 3 N–H and O–H groups in total. The van der Waals surface area contributed by atoms with Gasteiger partial charge in [0.1, 0.15) is 0 Å². The molecule has 9 heteroatoms. The maximum atomic E-state index is 11.3. The first-order valence-corrected chi connectivity index (χ1v) is 7.84. The van der Waals surface area contributed by atoms with E-state index >= 15 is 0 Å². The molecule has 0 saturated heterocycles. The molecule has 0 saturated carbocycles. The highest BCUT2D eigenvalue weighted by molar-refractivity contribution is 7.88. The molecule has 0 unspecified atom stereocenters. The number of hydrogen-bond donors (Lipinski definition) is 2. The van der Waals surface area contributed by atoms with Crippen molar-refractivity contribution in [3.8, 4) is 0 Å². The second-order valence-corrected chi connectivity index (χ2v) is 6.23. The Bertz CT molecular complexity index is 445. The van der Waals surface area contributed by atoms with Gasteiger partial charge >= 0.3 is 0 Å². The van der Waals surface area contributed by atoms with Gasteiger partial charge in [0.25, 0.3) is 0 Å². The number of nitrogens with one attached hydrogen (secondary N) is 1. The fraction of sp³-hybridized carbons (Fsp3) is 0.750. The predicted molar refractivity (Wildman–Crippen MR) is 69.5 cm³/mol. The van der Waals surface area contributed by atoms with Gasteiger partial charge in [-0.3, -0.25) is 0 Å². The molecular formula is C8H17N5O2S2. The van der Waals surface area contributed by atoms with E-state index in [0.717, 1.165) is 0 Å². The summed E-state index contributed by atoms with van der Waals surface area (Å²) in [6, 6.07) is 0. The number of rotatable bonds is 7. The highest BCUT2D eigenvalue weighted by Gasteiger charge is 2.13. The molecule has 0 aliphatic heterocycles. The fourth-order valence-corrected chi connectivity index (χ4v) is 2.77. The molecule has 0 fully saturated rings. The second-order valence-electron chi connectivity index (χ2n) is 3.49. The molecule has 1 aromatic heterocycles. The van der Waals surface area contributed by atoms with Crippen LogP contribution < -0.4 is 11.1 Å². The number of anilines is 2. The van der Waals surface area contributed by atoms with Gasteiger partial charge in [-0.2, -0.15) is 9.36 Å². The zero-order chi connectivity index (χ0) is 12.9. The molecule has 0 amide bonds.